The molecule has 7 heteroatoms. The summed E-state index contributed by atoms with van der Waals surface area (Å²) in [5.74, 6) is -2.25. The SMILES string of the molecule is CCCCCCCCCCCC(=O)C(O)CN.O=C(O)CCC(=O)O. The third kappa shape index (κ3) is 22.5. The molecule has 5 N–H and O–H groups in total. The fourth-order valence-corrected chi connectivity index (χ4v) is 2.12. The van der Waals surface area contributed by atoms with Gasteiger partial charge < -0.3 is 21.1 Å². The number of ketones is 1. The van der Waals surface area contributed by atoms with Gasteiger partial charge >= 0.3 is 11.9 Å². The van der Waals surface area contributed by atoms with Crippen LogP contribution in [0.15, 0.2) is 0 Å². The largest absolute Gasteiger partial charge is 0.481 e. The van der Waals surface area contributed by atoms with Crippen molar-refractivity contribution < 1.29 is 29.7 Å². The van der Waals surface area contributed by atoms with Gasteiger partial charge in [-0.2, -0.15) is 0 Å². The molecule has 1 unspecified atom stereocenters. The number of carbonyl (C=O) groups is 3. The zero-order valence-corrected chi connectivity index (χ0v) is 15.4. The van der Waals surface area contributed by atoms with Gasteiger partial charge in [-0.15, -0.1) is 0 Å². The van der Waals surface area contributed by atoms with Gasteiger partial charge in [-0.05, 0) is 6.42 Å². The number of unbranched alkanes of at least 4 members (excludes halogenated alkanes) is 8. The van der Waals surface area contributed by atoms with Crippen LogP contribution < -0.4 is 5.73 Å². The number of aliphatic carboxylic acids is 2. The summed E-state index contributed by atoms with van der Waals surface area (Å²) >= 11 is 0. The van der Waals surface area contributed by atoms with Gasteiger partial charge in [0.25, 0.3) is 0 Å². The Morgan fingerprint density at radius 3 is 1.52 bits per heavy atom. The van der Waals surface area contributed by atoms with Gasteiger partial charge in [-0.25, -0.2) is 0 Å². The van der Waals surface area contributed by atoms with Gasteiger partial charge in [0.15, 0.2) is 5.78 Å². The van der Waals surface area contributed by atoms with E-state index in [1.165, 1.54) is 44.9 Å². The van der Waals surface area contributed by atoms with Crippen molar-refractivity contribution in [2.45, 2.75) is 90.1 Å². The van der Waals surface area contributed by atoms with E-state index < -0.39 is 18.0 Å². The van der Waals surface area contributed by atoms with Crippen LogP contribution in [-0.4, -0.2) is 45.7 Å². The van der Waals surface area contributed by atoms with Crippen LogP contribution in [0.25, 0.3) is 0 Å². The topological polar surface area (TPSA) is 138 Å². The summed E-state index contributed by atoms with van der Waals surface area (Å²) < 4.78 is 0. The molecule has 0 heterocycles. The molecule has 0 aliphatic heterocycles. The second kappa shape index (κ2) is 18.9. The zero-order chi connectivity index (χ0) is 19.5. The summed E-state index contributed by atoms with van der Waals surface area (Å²) in [6, 6.07) is 0. The molecule has 0 radical (unpaired) electrons. The van der Waals surface area contributed by atoms with Crippen molar-refractivity contribution >= 4 is 17.7 Å². The Labute approximate surface area is 150 Å². The fourth-order valence-electron chi connectivity index (χ4n) is 2.12. The zero-order valence-electron chi connectivity index (χ0n) is 15.4. The van der Waals surface area contributed by atoms with Crippen LogP contribution in [0.1, 0.15) is 84.0 Å². The number of aliphatic hydroxyl groups excluding tert-OH is 1. The maximum Gasteiger partial charge on any atom is 0.303 e. The smallest absolute Gasteiger partial charge is 0.303 e. The molecule has 0 saturated heterocycles. The minimum absolute atomic E-state index is 0.0518. The van der Waals surface area contributed by atoms with Crippen molar-refractivity contribution in [3.05, 3.63) is 0 Å². The number of carboxylic acid groups (broad SMARTS) is 2. The minimum atomic E-state index is -1.08. The lowest BCUT2D eigenvalue weighted by atomic mass is 10.0. The first-order valence-corrected chi connectivity index (χ1v) is 9.19. The number of rotatable bonds is 15. The molecule has 0 aliphatic carbocycles. The van der Waals surface area contributed by atoms with Crippen LogP contribution in [0.4, 0.5) is 0 Å². The molecular formula is C18H35NO6. The molecule has 0 aromatic rings. The summed E-state index contributed by atoms with van der Waals surface area (Å²) in [5, 5.41) is 25.0. The maximum atomic E-state index is 11.3. The first kappa shape index (κ1) is 25.8. The average Bonchev–Trinajstić information content (AvgIpc) is 2.58. The molecule has 1 atom stereocenters. The third-order valence-corrected chi connectivity index (χ3v) is 3.67. The van der Waals surface area contributed by atoms with E-state index in [0.29, 0.717) is 6.42 Å². The molecule has 0 amide bonds. The Balaban J connectivity index is 0. The van der Waals surface area contributed by atoms with Crippen LogP contribution in [0, 0.1) is 0 Å². The van der Waals surface area contributed by atoms with Gasteiger partial charge in [0.2, 0.25) is 0 Å². The predicted octanol–water partition coefficient (Wildman–Crippen LogP) is 2.73. The van der Waals surface area contributed by atoms with E-state index in [9.17, 15) is 19.5 Å². The summed E-state index contributed by atoms with van der Waals surface area (Å²) in [6.45, 7) is 2.28. The summed E-state index contributed by atoms with van der Waals surface area (Å²) in [4.78, 5) is 30.5. The van der Waals surface area contributed by atoms with Crippen molar-refractivity contribution in [2.24, 2.45) is 5.73 Å². The number of hydrogen-bond acceptors (Lipinski definition) is 5. The first-order valence-electron chi connectivity index (χ1n) is 9.19. The molecule has 0 rings (SSSR count). The summed E-state index contributed by atoms with van der Waals surface area (Å²) in [7, 11) is 0. The van der Waals surface area contributed by atoms with Crippen LogP contribution in [-0.2, 0) is 14.4 Å². The summed E-state index contributed by atoms with van der Waals surface area (Å²) in [6.07, 6.45) is 10.1. The van der Waals surface area contributed by atoms with Gasteiger partial charge in [-0.3, -0.25) is 14.4 Å². The lowest BCUT2D eigenvalue weighted by Gasteiger charge is -2.06. The maximum absolute atomic E-state index is 11.3. The molecular weight excluding hydrogens is 326 g/mol. The number of carbonyl (C=O) groups excluding carboxylic acids is 1. The Morgan fingerprint density at radius 2 is 1.16 bits per heavy atom. The molecule has 7 nitrogen and oxygen atoms in total. The lowest BCUT2D eigenvalue weighted by Crippen LogP contribution is -2.28. The highest BCUT2D eigenvalue weighted by Gasteiger charge is 2.11. The summed E-state index contributed by atoms with van der Waals surface area (Å²) in [5.41, 5.74) is 5.21. The van der Waals surface area contributed by atoms with Crippen molar-refractivity contribution in [1.82, 2.24) is 0 Å². The number of Topliss-reactive ketones (excluding diaryl/α,β-unsaturated/α-hetero) is 1. The van der Waals surface area contributed by atoms with Crippen molar-refractivity contribution in [1.29, 1.82) is 0 Å². The molecule has 148 valence electrons. The van der Waals surface area contributed by atoms with E-state index in [1.54, 1.807) is 0 Å². The van der Waals surface area contributed by atoms with Gasteiger partial charge in [0.05, 0.1) is 12.8 Å². The highest BCUT2D eigenvalue weighted by molar-refractivity contribution is 5.82. The van der Waals surface area contributed by atoms with Crippen LogP contribution in [0.2, 0.25) is 0 Å². The molecule has 0 bridgehead atoms. The number of nitrogens with two attached hydrogens (primary N) is 1. The van der Waals surface area contributed by atoms with Gasteiger partial charge in [0.1, 0.15) is 6.10 Å². The third-order valence-electron chi connectivity index (χ3n) is 3.67. The van der Waals surface area contributed by atoms with Crippen LogP contribution in [0.5, 0.6) is 0 Å². The predicted molar refractivity (Wildman–Crippen MR) is 96.4 cm³/mol. The van der Waals surface area contributed by atoms with Crippen LogP contribution >= 0.6 is 0 Å². The molecule has 0 aromatic heterocycles. The Kier molecular flexibility index (Phi) is 19.4. The quantitative estimate of drug-likeness (QED) is 0.329. The number of aliphatic hydroxyl groups is 1. The van der Waals surface area contributed by atoms with E-state index >= 15 is 0 Å². The van der Waals surface area contributed by atoms with Crippen LogP contribution in [0.3, 0.4) is 0 Å². The van der Waals surface area contributed by atoms with Crippen molar-refractivity contribution in [3.8, 4) is 0 Å². The van der Waals surface area contributed by atoms with E-state index in [-0.39, 0.29) is 25.2 Å². The lowest BCUT2D eigenvalue weighted by molar-refractivity contribution is -0.143. The van der Waals surface area contributed by atoms with Gasteiger partial charge in [-0.1, -0.05) is 58.3 Å². The van der Waals surface area contributed by atoms with E-state index in [1.807, 2.05) is 0 Å². The van der Waals surface area contributed by atoms with E-state index in [0.717, 1.165) is 12.8 Å². The monoisotopic (exact) mass is 361 g/mol. The molecule has 0 saturated carbocycles. The first-order chi connectivity index (χ1) is 11.8. The van der Waals surface area contributed by atoms with Crippen molar-refractivity contribution in [3.63, 3.8) is 0 Å². The highest BCUT2D eigenvalue weighted by Crippen LogP contribution is 2.10. The number of carboxylic acids is 2. The van der Waals surface area contributed by atoms with E-state index in [4.69, 9.17) is 15.9 Å². The average molecular weight is 361 g/mol. The van der Waals surface area contributed by atoms with E-state index in [2.05, 4.69) is 6.92 Å². The molecule has 0 aliphatic rings. The second-order valence-electron chi connectivity index (χ2n) is 6.08. The van der Waals surface area contributed by atoms with Crippen molar-refractivity contribution in [2.75, 3.05) is 6.54 Å². The molecule has 25 heavy (non-hydrogen) atoms. The minimum Gasteiger partial charge on any atom is -0.481 e. The Bertz CT molecular complexity index is 345. The Hall–Kier alpha value is -1.47. The fraction of sp³-hybridized carbons (Fsp3) is 0.833. The Morgan fingerprint density at radius 1 is 0.760 bits per heavy atom. The molecule has 0 fully saturated rings. The molecule has 0 spiro atoms. The highest BCUT2D eigenvalue weighted by atomic mass is 16.4. The second-order valence-corrected chi connectivity index (χ2v) is 6.08. The molecule has 0 aromatic carbocycles. The van der Waals surface area contributed by atoms with Gasteiger partial charge in [0, 0.05) is 13.0 Å². The number of hydrogen-bond donors (Lipinski definition) is 4. The standard InChI is InChI=1S/C14H29NO2.C4H6O4/c1-2-3-4-5-6-7-8-9-10-11-13(16)14(17)12-15;5-3(6)1-2-4(7)8/h14,17H,2-12,15H2,1H3;1-2H2,(H,5,6)(H,7,8). The normalized spacial score (nSPS) is 11.3.